The molecule has 2 amide bonds. The molecule has 1 aromatic carbocycles. The van der Waals surface area contributed by atoms with Crippen molar-refractivity contribution in [3.8, 4) is 0 Å². The van der Waals surface area contributed by atoms with Crippen molar-refractivity contribution in [1.82, 2.24) is 10.6 Å². The molecule has 0 unspecified atom stereocenters. The molecular weight excluding hydrogens is 281 g/mol. The molecule has 1 saturated carbocycles. The van der Waals surface area contributed by atoms with E-state index in [-0.39, 0.29) is 25.1 Å². The van der Waals surface area contributed by atoms with Crippen LogP contribution in [0.1, 0.15) is 16.8 Å². The summed E-state index contributed by atoms with van der Waals surface area (Å²) in [6, 6.07) is 4.77. The normalized spacial score (nSPS) is 19.7. The molecule has 1 fully saturated rings. The van der Waals surface area contributed by atoms with E-state index in [2.05, 4.69) is 10.6 Å². The van der Waals surface area contributed by atoms with Crippen LogP contribution in [0.2, 0.25) is 0 Å². The van der Waals surface area contributed by atoms with Gasteiger partial charge in [0.05, 0.1) is 5.56 Å². The van der Waals surface area contributed by atoms with Gasteiger partial charge in [-0.25, -0.2) is 4.39 Å². The average molecular weight is 295 g/mol. The highest BCUT2D eigenvalue weighted by molar-refractivity contribution is 5.94. The quantitative estimate of drug-likeness (QED) is 0.449. The molecule has 1 aliphatic rings. The number of hydrogen-bond acceptors (Lipinski definition) is 4. The lowest BCUT2D eigenvalue weighted by molar-refractivity contribution is -0.497. The van der Waals surface area contributed by atoms with Crippen molar-refractivity contribution >= 4 is 11.8 Å². The third kappa shape index (κ3) is 3.74. The lowest BCUT2D eigenvalue weighted by Crippen LogP contribution is -2.36. The maximum atomic E-state index is 13.3. The Labute approximate surface area is 119 Å². The van der Waals surface area contributed by atoms with E-state index in [4.69, 9.17) is 0 Å². The summed E-state index contributed by atoms with van der Waals surface area (Å²) >= 11 is 0. The summed E-state index contributed by atoms with van der Waals surface area (Å²) < 4.78 is 13.3. The zero-order chi connectivity index (χ0) is 15.4. The summed E-state index contributed by atoms with van der Waals surface area (Å²) in [6.45, 7) is 0.259. The van der Waals surface area contributed by atoms with Gasteiger partial charge in [0.1, 0.15) is 11.7 Å². The van der Waals surface area contributed by atoms with Gasteiger partial charge in [0.25, 0.3) is 5.91 Å². The fraction of sp³-hybridized carbons (Fsp3) is 0.385. The third-order valence-electron chi connectivity index (χ3n) is 3.19. The summed E-state index contributed by atoms with van der Waals surface area (Å²) in [6.07, 6.45) is 0.250. The largest absolute Gasteiger partial charge is 0.354 e. The van der Waals surface area contributed by atoms with Gasteiger partial charge in [0.15, 0.2) is 0 Å². The van der Waals surface area contributed by atoms with Crippen molar-refractivity contribution in [2.75, 3.05) is 13.1 Å². The molecule has 2 rings (SSSR count). The first-order valence-corrected chi connectivity index (χ1v) is 6.44. The minimum atomic E-state index is -0.794. The van der Waals surface area contributed by atoms with Crippen LogP contribution in [0.4, 0.5) is 4.39 Å². The number of nitrogens with zero attached hydrogens (tertiary/aromatic N) is 1. The van der Waals surface area contributed by atoms with Crippen molar-refractivity contribution in [3.63, 3.8) is 0 Å². The molecule has 0 spiro atoms. The van der Waals surface area contributed by atoms with E-state index in [1.807, 2.05) is 0 Å². The van der Waals surface area contributed by atoms with Crippen LogP contribution in [-0.4, -0.2) is 35.9 Å². The molecule has 0 aliphatic heterocycles. The molecule has 112 valence electrons. The molecular formula is C13H14FN3O4. The van der Waals surface area contributed by atoms with Crippen molar-refractivity contribution < 1.29 is 18.9 Å². The second-order valence-corrected chi connectivity index (χ2v) is 4.72. The third-order valence-corrected chi connectivity index (χ3v) is 3.19. The van der Waals surface area contributed by atoms with Crippen LogP contribution >= 0.6 is 0 Å². The van der Waals surface area contributed by atoms with Crippen LogP contribution in [0, 0.1) is 21.8 Å². The Bertz CT molecular complexity index is 578. The monoisotopic (exact) mass is 295 g/mol. The number of amides is 2. The predicted octanol–water partition coefficient (Wildman–Crippen LogP) is 0.337. The first-order valence-electron chi connectivity index (χ1n) is 6.44. The van der Waals surface area contributed by atoms with E-state index in [0.717, 1.165) is 0 Å². The smallest absolute Gasteiger partial charge is 0.254 e. The van der Waals surface area contributed by atoms with Gasteiger partial charge in [0, 0.05) is 24.4 Å². The molecule has 0 saturated heterocycles. The molecule has 21 heavy (non-hydrogen) atoms. The van der Waals surface area contributed by atoms with Gasteiger partial charge in [-0.1, -0.05) is 12.1 Å². The molecule has 8 heteroatoms. The van der Waals surface area contributed by atoms with Crippen LogP contribution in [0.25, 0.3) is 0 Å². The zero-order valence-corrected chi connectivity index (χ0v) is 11.0. The Morgan fingerprint density at radius 2 is 1.95 bits per heavy atom. The maximum Gasteiger partial charge on any atom is 0.254 e. The number of nitrogens with one attached hydrogen (secondary N) is 2. The van der Waals surface area contributed by atoms with E-state index in [1.165, 1.54) is 18.2 Å². The molecule has 1 aromatic rings. The van der Waals surface area contributed by atoms with Gasteiger partial charge in [0.2, 0.25) is 11.9 Å². The first kappa shape index (κ1) is 14.9. The highest BCUT2D eigenvalue weighted by atomic mass is 19.1. The second-order valence-electron chi connectivity index (χ2n) is 4.72. The van der Waals surface area contributed by atoms with Crippen LogP contribution in [-0.2, 0) is 4.79 Å². The van der Waals surface area contributed by atoms with Gasteiger partial charge in [-0.3, -0.25) is 19.7 Å². The summed E-state index contributed by atoms with van der Waals surface area (Å²) in [5.74, 6) is -2.16. The van der Waals surface area contributed by atoms with Crippen molar-refractivity contribution in [1.29, 1.82) is 0 Å². The fourth-order valence-electron chi connectivity index (χ4n) is 1.93. The van der Waals surface area contributed by atoms with Crippen LogP contribution in [0.5, 0.6) is 0 Å². The van der Waals surface area contributed by atoms with Gasteiger partial charge in [-0.2, -0.15) is 0 Å². The molecule has 2 N–H and O–H groups in total. The minimum absolute atomic E-state index is 0.0700. The Hall–Kier alpha value is -2.51. The lowest BCUT2D eigenvalue weighted by Gasteiger charge is -2.07. The van der Waals surface area contributed by atoms with Gasteiger partial charge in [-0.05, 0) is 12.1 Å². The fourth-order valence-corrected chi connectivity index (χ4v) is 1.93. The standard InChI is InChI=1S/C13H14FN3O4/c14-10-4-2-1-3-8(10)12(18)15-5-6-16-13(19)9-7-11(9)17(20)21/h1-4,9,11H,5-7H2,(H,15,18)(H,16,19)/t9-,11+/m1/s1. The molecule has 0 heterocycles. The van der Waals surface area contributed by atoms with Crippen LogP contribution in [0.15, 0.2) is 24.3 Å². The molecule has 0 radical (unpaired) electrons. The number of carbonyl (C=O) groups excluding carboxylic acids is 2. The molecule has 7 nitrogen and oxygen atoms in total. The topological polar surface area (TPSA) is 101 Å². The van der Waals surface area contributed by atoms with E-state index in [0.29, 0.717) is 0 Å². The minimum Gasteiger partial charge on any atom is -0.354 e. The lowest BCUT2D eigenvalue weighted by atomic mass is 10.2. The number of nitro groups is 1. The van der Waals surface area contributed by atoms with E-state index in [9.17, 15) is 24.1 Å². The number of hydrogen-bond donors (Lipinski definition) is 2. The number of carbonyl (C=O) groups is 2. The summed E-state index contributed by atoms with van der Waals surface area (Å²) in [5.41, 5.74) is -0.0700. The van der Waals surface area contributed by atoms with Crippen LogP contribution < -0.4 is 10.6 Å². The Morgan fingerprint density at radius 3 is 2.57 bits per heavy atom. The zero-order valence-electron chi connectivity index (χ0n) is 11.0. The Kier molecular flexibility index (Phi) is 4.46. The first-order chi connectivity index (χ1) is 10.0. The predicted molar refractivity (Wildman–Crippen MR) is 70.6 cm³/mol. The Balaban J connectivity index is 1.69. The number of rotatable bonds is 6. The van der Waals surface area contributed by atoms with E-state index in [1.54, 1.807) is 6.07 Å². The summed E-state index contributed by atoms with van der Waals surface area (Å²) in [5, 5.41) is 15.4. The van der Waals surface area contributed by atoms with Gasteiger partial charge in [-0.15, -0.1) is 0 Å². The van der Waals surface area contributed by atoms with Crippen molar-refractivity contribution in [2.45, 2.75) is 12.5 Å². The van der Waals surface area contributed by atoms with E-state index < -0.39 is 34.5 Å². The highest BCUT2D eigenvalue weighted by Crippen LogP contribution is 2.32. The van der Waals surface area contributed by atoms with Gasteiger partial charge < -0.3 is 10.6 Å². The highest BCUT2D eigenvalue weighted by Gasteiger charge is 2.53. The maximum absolute atomic E-state index is 13.3. The van der Waals surface area contributed by atoms with Crippen molar-refractivity contribution in [3.05, 3.63) is 45.8 Å². The SMILES string of the molecule is O=C(NCCNC(=O)[C@@H]1C[C@@H]1[N+](=O)[O-])c1ccccc1F. The molecule has 1 aliphatic carbocycles. The molecule has 0 aromatic heterocycles. The summed E-state index contributed by atoms with van der Waals surface area (Å²) in [7, 11) is 0. The second kappa shape index (κ2) is 6.29. The summed E-state index contributed by atoms with van der Waals surface area (Å²) in [4.78, 5) is 33.1. The number of benzene rings is 1. The number of halogens is 1. The van der Waals surface area contributed by atoms with Crippen molar-refractivity contribution in [2.24, 2.45) is 5.92 Å². The average Bonchev–Trinajstić information content (AvgIpc) is 3.24. The molecule has 2 atom stereocenters. The van der Waals surface area contributed by atoms with E-state index >= 15 is 0 Å². The Morgan fingerprint density at radius 1 is 1.29 bits per heavy atom. The molecule has 0 bridgehead atoms. The van der Waals surface area contributed by atoms with Gasteiger partial charge >= 0.3 is 0 Å². The van der Waals surface area contributed by atoms with Crippen LogP contribution in [0.3, 0.4) is 0 Å².